The summed E-state index contributed by atoms with van der Waals surface area (Å²) in [6.07, 6.45) is 3.11. The largest absolute Gasteiger partial charge is 0.465 e. The van der Waals surface area contributed by atoms with Crippen LogP contribution in [0.15, 0.2) is 54.2 Å². The van der Waals surface area contributed by atoms with Crippen molar-refractivity contribution < 1.29 is 18.7 Å². The number of likely N-dealkylation sites (N-methyl/N-ethyl adjacent to an activating group) is 1. The number of carbonyl (C=O) groups is 2. The van der Waals surface area contributed by atoms with Crippen LogP contribution in [0, 0.1) is 12.7 Å². The van der Waals surface area contributed by atoms with Gasteiger partial charge in [0.1, 0.15) is 18.1 Å². The van der Waals surface area contributed by atoms with Crippen LogP contribution in [0.25, 0.3) is 27.8 Å². The number of amides is 1. The molecule has 1 aromatic carbocycles. The maximum Gasteiger partial charge on any atom is 0.325 e. The van der Waals surface area contributed by atoms with Crippen LogP contribution in [0.1, 0.15) is 22.8 Å². The normalized spacial score (nSPS) is 10.8. The highest BCUT2D eigenvalue weighted by Gasteiger charge is 2.25. The summed E-state index contributed by atoms with van der Waals surface area (Å²) in [5.41, 5.74) is 3.00. The number of halogens is 1. The van der Waals surface area contributed by atoms with Crippen LogP contribution in [-0.2, 0) is 9.53 Å². The van der Waals surface area contributed by atoms with E-state index in [1.54, 1.807) is 25.3 Å². The minimum Gasteiger partial charge on any atom is -0.465 e. The average Bonchev–Trinajstić information content (AvgIpc) is 3.49. The van der Waals surface area contributed by atoms with Crippen molar-refractivity contribution in [2.45, 2.75) is 13.8 Å². The number of thiophene rings is 1. The van der Waals surface area contributed by atoms with Gasteiger partial charge in [-0.15, -0.1) is 11.3 Å². The van der Waals surface area contributed by atoms with Crippen molar-refractivity contribution in [3.8, 4) is 27.8 Å². The van der Waals surface area contributed by atoms with Gasteiger partial charge in [0, 0.05) is 18.8 Å². The van der Waals surface area contributed by atoms with E-state index in [0.717, 1.165) is 16.0 Å². The number of ether oxygens (including phenoxy) is 1. The van der Waals surface area contributed by atoms with E-state index in [9.17, 15) is 14.0 Å². The molecule has 4 rings (SSSR count). The van der Waals surface area contributed by atoms with Crippen LogP contribution in [-0.4, -0.2) is 56.7 Å². The van der Waals surface area contributed by atoms with Gasteiger partial charge < -0.3 is 9.64 Å². The molecule has 3 heterocycles. The zero-order chi connectivity index (χ0) is 24.2. The van der Waals surface area contributed by atoms with E-state index < -0.39 is 5.97 Å². The average molecular weight is 480 g/mol. The fourth-order valence-corrected chi connectivity index (χ4v) is 4.19. The van der Waals surface area contributed by atoms with Crippen molar-refractivity contribution in [1.82, 2.24) is 24.6 Å². The van der Waals surface area contributed by atoms with Gasteiger partial charge in [-0.3, -0.25) is 9.59 Å². The minimum absolute atomic E-state index is 0.183. The number of esters is 1. The van der Waals surface area contributed by atoms with Crippen LogP contribution >= 0.6 is 11.3 Å². The molecule has 0 spiro atoms. The summed E-state index contributed by atoms with van der Waals surface area (Å²) >= 11 is 1.44. The van der Waals surface area contributed by atoms with Gasteiger partial charge in [0.05, 0.1) is 28.9 Å². The molecule has 1 amide bonds. The summed E-state index contributed by atoms with van der Waals surface area (Å²) in [6.45, 7) is 3.63. The Kier molecular flexibility index (Phi) is 6.78. The summed E-state index contributed by atoms with van der Waals surface area (Å²) < 4.78 is 19.9. The smallest absolute Gasteiger partial charge is 0.325 e. The highest BCUT2D eigenvalue weighted by atomic mass is 32.1. The number of nitrogens with zero attached hydrogens (tertiary/aromatic N) is 5. The zero-order valence-electron chi connectivity index (χ0n) is 18.9. The van der Waals surface area contributed by atoms with Crippen molar-refractivity contribution in [3.63, 3.8) is 0 Å². The lowest BCUT2D eigenvalue weighted by Crippen LogP contribution is -2.33. The van der Waals surface area contributed by atoms with Crippen molar-refractivity contribution >= 4 is 23.2 Å². The third-order valence-corrected chi connectivity index (χ3v) is 5.92. The van der Waals surface area contributed by atoms with Gasteiger partial charge in [-0.2, -0.15) is 9.78 Å². The first-order valence-corrected chi connectivity index (χ1v) is 11.4. The van der Waals surface area contributed by atoms with Crippen LogP contribution in [0.2, 0.25) is 0 Å². The maximum atomic E-state index is 13.4. The molecular formula is C24H22FN5O3S. The summed E-state index contributed by atoms with van der Waals surface area (Å²) in [6, 6.07) is 9.78. The lowest BCUT2D eigenvalue weighted by Gasteiger charge is -2.16. The fraction of sp³-hybridized carbons (Fsp3) is 0.208. The second-order valence-electron chi connectivity index (χ2n) is 7.47. The third-order valence-electron chi connectivity index (χ3n) is 5.04. The maximum absolute atomic E-state index is 13.4. The minimum atomic E-state index is -0.491. The van der Waals surface area contributed by atoms with E-state index in [2.05, 4.69) is 15.1 Å². The van der Waals surface area contributed by atoms with E-state index in [1.165, 1.54) is 46.3 Å². The number of benzene rings is 1. The number of aromatic nitrogens is 4. The Morgan fingerprint density at radius 2 is 1.94 bits per heavy atom. The van der Waals surface area contributed by atoms with Crippen LogP contribution < -0.4 is 0 Å². The first kappa shape index (κ1) is 23.2. The van der Waals surface area contributed by atoms with Gasteiger partial charge in [0.25, 0.3) is 11.9 Å². The Morgan fingerprint density at radius 3 is 2.62 bits per heavy atom. The molecule has 10 heteroatoms. The Bertz CT molecular complexity index is 1320. The predicted molar refractivity (Wildman–Crippen MR) is 126 cm³/mol. The topological polar surface area (TPSA) is 90.2 Å². The van der Waals surface area contributed by atoms with Crippen molar-refractivity contribution in [2.24, 2.45) is 0 Å². The molecule has 0 aliphatic heterocycles. The second kappa shape index (κ2) is 9.92. The summed E-state index contributed by atoms with van der Waals surface area (Å²) in [5.74, 6) is -0.943. The first-order chi connectivity index (χ1) is 16.4. The quantitative estimate of drug-likeness (QED) is 0.370. The molecule has 0 bridgehead atoms. The van der Waals surface area contributed by atoms with Crippen LogP contribution in [0.3, 0.4) is 0 Å². The molecule has 0 aliphatic rings. The SMILES string of the molecule is CCOC(=O)CN(C)C(=O)c1cnn(-c2ncc(C)c(-c3ccc(F)cc3)n2)c1-c1cccs1. The molecule has 3 aromatic heterocycles. The highest BCUT2D eigenvalue weighted by molar-refractivity contribution is 7.13. The first-order valence-electron chi connectivity index (χ1n) is 10.5. The zero-order valence-corrected chi connectivity index (χ0v) is 19.7. The van der Waals surface area contributed by atoms with Gasteiger partial charge in [-0.05, 0) is 55.1 Å². The molecule has 8 nitrogen and oxygen atoms in total. The molecule has 0 fully saturated rings. The molecule has 0 unspecified atom stereocenters. The van der Waals surface area contributed by atoms with Crippen molar-refractivity contribution in [3.05, 3.63) is 71.1 Å². The Labute approximate surface area is 199 Å². The summed E-state index contributed by atoms with van der Waals surface area (Å²) in [4.78, 5) is 36.3. The summed E-state index contributed by atoms with van der Waals surface area (Å²) in [7, 11) is 1.53. The lowest BCUT2D eigenvalue weighted by atomic mass is 10.1. The summed E-state index contributed by atoms with van der Waals surface area (Å²) in [5, 5.41) is 6.31. The molecule has 0 radical (unpaired) electrons. The standard InChI is InChI=1S/C24H22FN5O3S/c1-4-33-20(31)14-29(3)23(32)18-13-27-30(22(18)19-6-5-11-34-19)24-26-12-15(2)21(28-24)16-7-9-17(25)10-8-16/h5-13H,4,14H2,1-3H3. The number of hydrogen-bond donors (Lipinski definition) is 0. The Balaban J connectivity index is 1.77. The molecule has 0 aliphatic carbocycles. The number of carbonyl (C=O) groups excluding carboxylic acids is 2. The predicted octanol–water partition coefficient (Wildman–Crippen LogP) is 4.14. The van der Waals surface area contributed by atoms with E-state index in [-0.39, 0.29) is 30.8 Å². The fourth-order valence-electron chi connectivity index (χ4n) is 3.42. The Hall–Kier alpha value is -3.92. The number of hydrogen-bond acceptors (Lipinski definition) is 7. The van der Waals surface area contributed by atoms with E-state index >= 15 is 0 Å². The van der Waals surface area contributed by atoms with Gasteiger partial charge >= 0.3 is 5.97 Å². The van der Waals surface area contributed by atoms with E-state index in [1.807, 2.05) is 24.4 Å². The van der Waals surface area contributed by atoms with Gasteiger partial charge in [0.2, 0.25) is 0 Å². The lowest BCUT2D eigenvalue weighted by molar-refractivity contribution is -0.143. The molecule has 174 valence electrons. The highest BCUT2D eigenvalue weighted by Crippen LogP contribution is 2.31. The van der Waals surface area contributed by atoms with Crippen molar-refractivity contribution in [2.75, 3.05) is 20.2 Å². The molecule has 0 atom stereocenters. The molecule has 4 aromatic rings. The molecule has 0 saturated heterocycles. The monoisotopic (exact) mass is 479 g/mol. The molecule has 0 saturated carbocycles. The molecule has 34 heavy (non-hydrogen) atoms. The van der Waals surface area contributed by atoms with E-state index in [0.29, 0.717) is 17.0 Å². The van der Waals surface area contributed by atoms with Crippen LogP contribution in [0.4, 0.5) is 4.39 Å². The molecular weight excluding hydrogens is 457 g/mol. The van der Waals surface area contributed by atoms with Gasteiger partial charge in [0.15, 0.2) is 0 Å². The second-order valence-corrected chi connectivity index (χ2v) is 8.42. The van der Waals surface area contributed by atoms with Crippen molar-refractivity contribution in [1.29, 1.82) is 0 Å². The van der Waals surface area contributed by atoms with Gasteiger partial charge in [-0.1, -0.05) is 6.07 Å². The van der Waals surface area contributed by atoms with Crippen LogP contribution in [0.5, 0.6) is 0 Å². The number of aryl methyl sites for hydroxylation is 1. The Morgan fingerprint density at radius 1 is 1.18 bits per heavy atom. The molecule has 0 N–H and O–H groups in total. The number of rotatable bonds is 7. The van der Waals surface area contributed by atoms with E-state index in [4.69, 9.17) is 4.74 Å². The third kappa shape index (κ3) is 4.72. The van der Waals surface area contributed by atoms with Gasteiger partial charge in [-0.25, -0.2) is 14.4 Å².